The summed E-state index contributed by atoms with van der Waals surface area (Å²) in [7, 11) is -3.47. The van der Waals surface area contributed by atoms with Gasteiger partial charge in [0.05, 0.1) is 15.1 Å². The van der Waals surface area contributed by atoms with E-state index in [0.29, 0.717) is 4.90 Å². The summed E-state index contributed by atoms with van der Waals surface area (Å²) in [6, 6.07) is 22.6. The van der Waals surface area contributed by atoms with E-state index in [1.54, 1.807) is 59.5 Å². The van der Waals surface area contributed by atoms with Crippen LogP contribution >= 0.6 is 23.1 Å². The van der Waals surface area contributed by atoms with E-state index in [1.165, 1.54) is 10.1 Å². The maximum atomic E-state index is 12.6. The molecule has 0 spiro atoms. The van der Waals surface area contributed by atoms with Crippen LogP contribution in [0.2, 0.25) is 0 Å². The topological polar surface area (TPSA) is 47.0 Å². The zero-order valence-electron chi connectivity index (χ0n) is 15.8. The van der Waals surface area contributed by atoms with Crippen molar-refractivity contribution in [3.63, 3.8) is 0 Å². The zero-order chi connectivity index (χ0) is 20.3. The van der Waals surface area contributed by atoms with Crippen molar-refractivity contribution in [3.05, 3.63) is 94.9 Å². The molecule has 4 aromatic rings. The number of aryl methyl sites for hydroxylation is 1. The number of aromatic nitrogens is 1. The van der Waals surface area contributed by atoms with Crippen LogP contribution < -0.4 is 0 Å². The molecule has 146 valence electrons. The molecule has 0 fully saturated rings. The zero-order valence-corrected chi connectivity index (χ0v) is 18.2. The van der Waals surface area contributed by atoms with Crippen molar-refractivity contribution in [1.82, 2.24) is 4.98 Å². The van der Waals surface area contributed by atoms with Crippen LogP contribution in [-0.4, -0.2) is 13.4 Å². The number of benzene rings is 3. The Labute approximate surface area is 179 Å². The van der Waals surface area contributed by atoms with E-state index in [0.717, 1.165) is 32.3 Å². The first-order valence-corrected chi connectivity index (χ1v) is 12.4. The minimum atomic E-state index is -3.47. The van der Waals surface area contributed by atoms with Crippen molar-refractivity contribution in [3.8, 4) is 0 Å². The van der Waals surface area contributed by atoms with Crippen molar-refractivity contribution < 1.29 is 8.42 Å². The van der Waals surface area contributed by atoms with Crippen LogP contribution in [0.5, 0.6) is 0 Å². The highest BCUT2D eigenvalue weighted by molar-refractivity contribution is 8.00. The smallest absolute Gasteiger partial charge is 0.199 e. The summed E-state index contributed by atoms with van der Waals surface area (Å²) in [5.74, 6) is 0.734. The summed E-state index contributed by atoms with van der Waals surface area (Å²) < 4.78 is 27.4. The lowest BCUT2D eigenvalue weighted by Crippen LogP contribution is -1.96. The van der Waals surface area contributed by atoms with Crippen molar-refractivity contribution in [2.45, 2.75) is 21.9 Å². The first-order chi connectivity index (χ1) is 14.0. The Morgan fingerprint density at radius 3 is 2.52 bits per heavy atom. The lowest BCUT2D eigenvalue weighted by Gasteiger charge is -2.09. The van der Waals surface area contributed by atoms with Gasteiger partial charge in [0.15, 0.2) is 14.2 Å². The van der Waals surface area contributed by atoms with Crippen molar-refractivity contribution in [2.24, 2.45) is 0 Å². The van der Waals surface area contributed by atoms with Gasteiger partial charge in [-0.15, -0.1) is 11.3 Å². The second-order valence-electron chi connectivity index (χ2n) is 6.54. The summed E-state index contributed by atoms with van der Waals surface area (Å²) in [4.78, 5) is 4.98. The minimum absolute atomic E-state index is 0.300. The van der Waals surface area contributed by atoms with Crippen LogP contribution in [0.3, 0.4) is 0 Å². The lowest BCUT2D eigenvalue weighted by atomic mass is 10.0. The second-order valence-corrected chi connectivity index (χ2v) is 10.6. The van der Waals surface area contributed by atoms with E-state index < -0.39 is 9.84 Å². The maximum absolute atomic E-state index is 12.6. The maximum Gasteiger partial charge on any atom is 0.199 e. The van der Waals surface area contributed by atoms with Gasteiger partial charge in [0.2, 0.25) is 0 Å². The van der Waals surface area contributed by atoms with Crippen molar-refractivity contribution >= 4 is 49.2 Å². The van der Waals surface area contributed by atoms with E-state index in [2.05, 4.69) is 24.0 Å². The van der Waals surface area contributed by atoms with E-state index in [-0.39, 0.29) is 0 Å². The molecule has 0 aliphatic heterocycles. The van der Waals surface area contributed by atoms with E-state index in [4.69, 9.17) is 0 Å². The molecule has 3 nitrogen and oxygen atoms in total. The predicted octanol–water partition coefficient (Wildman–Crippen LogP) is 6.34. The van der Waals surface area contributed by atoms with Gasteiger partial charge in [-0.05, 0) is 54.0 Å². The van der Waals surface area contributed by atoms with Gasteiger partial charge in [0, 0.05) is 11.2 Å². The molecular formula is C23H19NO2S3. The number of sulfone groups is 1. The monoisotopic (exact) mass is 437 g/mol. The molecular weight excluding hydrogens is 418 g/mol. The molecule has 1 aromatic heterocycles. The SMILES string of the molecule is Cc1cccc(/C=C/S(=O)(=O)c2ccccc2)c1CSc1nc2ccccc2s1. The molecule has 0 aliphatic carbocycles. The molecule has 0 unspecified atom stereocenters. The highest BCUT2D eigenvalue weighted by Crippen LogP contribution is 2.33. The van der Waals surface area contributed by atoms with E-state index in [1.807, 2.05) is 30.3 Å². The predicted molar refractivity (Wildman–Crippen MR) is 123 cm³/mol. The largest absolute Gasteiger partial charge is 0.230 e. The van der Waals surface area contributed by atoms with Crippen LogP contribution in [0.15, 0.2) is 87.4 Å². The summed E-state index contributed by atoms with van der Waals surface area (Å²) in [5, 5.41) is 1.29. The van der Waals surface area contributed by atoms with Crippen molar-refractivity contribution in [2.75, 3.05) is 0 Å². The Morgan fingerprint density at radius 2 is 1.72 bits per heavy atom. The second kappa shape index (κ2) is 8.53. The molecule has 0 radical (unpaired) electrons. The van der Waals surface area contributed by atoms with Gasteiger partial charge in [0.25, 0.3) is 0 Å². The first-order valence-electron chi connectivity index (χ1n) is 9.08. The summed E-state index contributed by atoms with van der Waals surface area (Å²) in [6.45, 7) is 2.05. The quantitative estimate of drug-likeness (QED) is 0.330. The Kier molecular flexibility index (Phi) is 5.85. The molecule has 1 heterocycles. The average Bonchev–Trinajstić information content (AvgIpc) is 3.15. The number of hydrogen-bond acceptors (Lipinski definition) is 5. The van der Waals surface area contributed by atoms with Gasteiger partial charge in [-0.2, -0.15) is 0 Å². The number of fused-ring (bicyclic) bond motifs is 1. The number of thioether (sulfide) groups is 1. The molecule has 0 saturated heterocycles. The summed E-state index contributed by atoms with van der Waals surface area (Å²) in [5.41, 5.74) is 4.19. The summed E-state index contributed by atoms with van der Waals surface area (Å²) in [6.07, 6.45) is 1.70. The molecule has 29 heavy (non-hydrogen) atoms. The third-order valence-electron chi connectivity index (χ3n) is 4.56. The van der Waals surface area contributed by atoms with Gasteiger partial charge in [0.1, 0.15) is 0 Å². The molecule has 0 atom stereocenters. The molecule has 0 aliphatic rings. The van der Waals surface area contributed by atoms with Gasteiger partial charge in [-0.3, -0.25) is 0 Å². The third-order valence-corrected chi connectivity index (χ3v) is 8.19. The van der Waals surface area contributed by atoms with Crippen molar-refractivity contribution in [1.29, 1.82) is 0 Å². The number of thiazole rings is 1. The van der Waals surface area contributed by atoms with Crippen LogP contribution in [0.25, 0.3) is 16.3 Å². The highest BCUT2D eigenvalue weighted by atomic mass is 32.2. The Bertz CT molecular complexity index is 1240. The highest BCUT2D eigenvalue weighted by Gasteiger charge is 2.11. The average molecular weight is 438 g/mol. The van der Waals surface area contributed by atoms with Gasteiger partial charge >= 0.3 is 0 Å². The minimum Gasteiger partial charge on any atom is -0.230 e. The first kappa shape index (κ1) is 19.9. The number of rotatable bonds is 6. The molecule has 4 rings (SSSR count). The van der Waals surface area contributed by atoms with E-state index >= 15 is 0 Å². The molecule has 0 saturated carbocycles. The number of hydrogen-bond donors (Lipinski definition) is 0. The fourth-order valence-electron chi connectivity index (χ4n) is 2.98. The van der Waals surface area contributed by atoms with Crippen LogP contribution in [-0.2, 0) is 15.6 Å². The molecule has 6 heteroatoms. The van der Waals surface area contributed by atoms with Gasteiger partial charge in [-0.1, -0.05) is 60.3 Å². The molecule has 0 amide bonds. The molecule has 0 bridgehead atoms. The fourth-order valence-corrected chi connectivity index (χ4v) is 6.20. The Morgan fingerprint density at radius 1 is 0.966 bits per heavy atom. The van der Waals surface area contributed by atoms with Crippen LogP contribution in [0.1, 0.15) is 16.7 Å². The van der Waals surface area contributed by atoms with E-state index in [9.17, 15) is 8.42 Å². The number of para-hydroxylation sites is 1. The number of nitrogens with zero attached hydrogens (tertiary/aromatic N) is 1. The Hall–Kier alpha value is -2.41. The third kappa shape index (κ3) is 4.61. The lowest BCUT2D eigenvalue weighted by molar-refractivity contribution is 0.605. The van der Waals surface area contributed by atoms with Crippen LogP contribution in [0.4, 0.5) is 0 Å². The van der Waals surface area contributed by atoms with Crippen LogP contribution in [0, 0.1) is 6.92 Å². The fraction of sp³-hybridized carbons (Fsp3) is 0.0870. The normalized spacial score (nSPS) is 12.0. The molecule has 0 N–H and O–H groups in total. The van der Waals surface area contributed by atoms with Gasteiger partial charge < -0.3 is 0 Å². The standard InChI is InChI=1S/C23H19NO2S3/c1-17-8-7-9-18(14-15-29(25,26)19-10-3-2-4-11-19)20(17)16-27-23-24-21-12-5-6-13-22(21)28-23/h2-15H,16H2,1H3/b15-14+. The molecule has 3 aromatic carbocycles. The van der Waals surface area contributed by atoms with Gasteiger partial charge in [-0.25, -0.2) is 13.4 Å². The Balaban J connectivity index is 1.58. The summed E-state index contributed by atoms with van der Waals surface area (Å²) >= 11 is 3.36.